The van der Waals surface area contributed by atoms with Crippen molar-refractivity contribution < 1.29 is 62.2 Å². The molecule has 0 saturated carbocycles. The number of nitrogens with two attached hydrogens (primary N) is 2. The van der Waals surface area contributed by atoms with Crippen molar-refractivity contribution in [1.29, 1.82) is 10.5 Å². The van der Waals surface area contributed by atoms with Gasteiger partial charge in [-0.3, -0.25) is 13.6 Å². The zero-order valence-corrected chi connectivity index (χ0v) is 44.9. The molecule has 0 spiro atoms. The van der Waals surface area contributed by atoms with E-state index in [2.05, 4.69) is 27.1 Å². The smallest absolute Gasteiger partial charge is 0.475 e. The number of fused-ring (bicyclic) bond motifs is 2. The quantitative estimate of drug-likeness (QED) is 0.0193. The number of benzene rings is 1. The normalized spacial score (nSPS) is 23.9. The number of ether oxygens (including phenoxy) is 5. The predicted molar refractivity (Wildman–Crippen MR) is 281 cm³/mol. The summed E-state index contributed by atoms with van der Waals surface area (Å²) in [7, 11) is -3.35. The number of nitrogen functional groups attached to an aromatic ring is 2. The second kappa shape index (κ2) is 28.5. The van der Waals surface area contributed by atoms with Crippen molar-refractivity contribution >= 4 is 30.5 Å². The average molecular weight is 1090 g/mol. The number of nitriles is 2. The molecule has 7 rings (SSSR count). The van der Waals surface area contributed by atoms with Gasteiger partial charge in [-0.15, -0.1) is 0 Å². The highest BCUT2D eigenvalue weighted by Crippen LogP contribution is 2.52. The Kier molecular flexibility index (Phi) is 21.9. The number of nitrogens with zero attached hydrogens (tertiary/aromatic N) is 8. The molecule has 0 unspecified atom stereocenters. The summed E-state index contributed by atoms with van der Waals surface area (Å²) in [6.07, 6.45) is 10.8. The van der Waals surface area contributed by atoms with Crippen LogP contribution in [0.15, 0.2) is 61.2 Å². The fourth-order valence-corrected chi connectivity index (χ4v) is 11.0. The first-order chi connectivity index (χ1) is 37.3. The van der Waals surface area contributed by atoms with Crippen LogP contribution in [0.1, 0.15) is 127 Å². The van der Waals surface area contributed by atoms with Crippen molar-refractivity contribution in [1.82, 2.24) is 29.2 Å². The van der Waals surface area contributed by atoms with Crippen molar-refractivity contribution in [2.45, 2.75) is 170 Å². The van der Waals surface area contributed by atoms with E-state index >= 15 is 0 Å². The Morgan fingerprint density at radius 1 is 0.662 bits per heavy atom. The van der Waals surface area contributed by atoms with Crippen LogP contribution in [-0.4, -0.2) is 132 Å². The van der Waals surface area contributed by atoms with E-state index in [9.17, 15) is 35.5 Å². The van der Waals surface area contributed by atoms with E-state index in [-0.39, 0.29) is 36.2 Å². The number of methoxy groups -OCH3 is 1. The third-order valence-corrected chi connectivity index (χ3v) is 15.7. The van der Waals surface area contributed by atoms with Crippen molar-refractivity contribution in [2.75, 3.05) is 51.6 Å². The van der Waals surface area contributed by atoms with Gasteiger partial charge in [-0.1, -0.05) is 115 Å². The second-order valence-electron chi connectivity index (χ2n) is 19.7. The Morgan fingerprint density at radius 2 is 1.12 bits per heavy atom. The second-order valence-corrected chi connectivity index (χ2v) is 21.4. The monoisotopic (exact) mass is 1090 g/mol. The van der Waals surface area contributed by atoms with Gasteiger partial charge in [0.25, 0.3) is 0 Å². The van der Waals surface area contributed by atoms with Gasteiger partial charge >= 0.3 is 7.82 Å². The molecule has 420 valence electrons. The van der Waals surface area contributed by atoms with Gasteiger partial charge in [-0.05, 0) is 48.4 Å². The average Bonchev–Trinajstić information content (AvgIpc) is 4.38. The zero-order valence-electron chi connectivity index (χ0n) is 44.0. The predicted octanol–water partition coefficient (Wildman–Crippen LogP) is 6.35. The fourth-order valence-electron chi connectivity index (χ4n) is 9.76. The summed E-state index contributed by atoms with van der Waals surface area (Å²) >= 11 is 0. The molecule has 77 heavy (non-hydrogen) atoms. The highest BCUT2D eigenvalue weighted by molar-refractivity contribution is 7.48. The van der Waals surface area contributed by atoms with E-state index < -0.39 is 81.6 Å². The van der Waals surface area contributed by atoms with Crippen LogP contribution in [0.3, 0.4) is 0 Å². The largest absolute Gasteiger partial charge is 0.497 e. The van der Waals surface area contributed by atoms with E-state index in [1.807, 2.05) is 24.3 Å². The summed E-state index contributed by atoms with van der Waals surface area (Å²) in [4.78, 5) is 7.92. The standard InChI is InChI=1S/C53H75N10O13P/c1-3-4-5-6-7-8-9-10-11-12-13-14-15-16-17-18-27-70-29-39(71-28-37-19-21-38(69-2)22-20-37)30-72-77(68,73-31-42-46(64)48(66)52(33-54,75-42)44-25-23-40-50(56)58-35-60-62(40)44)74-32-43-47(65)49(67)53(34-55,76-43)45-26-24-41-51(57)59-36-61-63(41)45/h19-26,35-36,39,42-43,46-49,64-67H,3-18,27-32H2,1-2H3,(H2,56,58,60)(H2,57,59,61)/t39-,42-,43-,46-,47-,48-,49-,52+,53+/m1/s1. The number of hydrogen-bond acceptors (Lipinski definition) is 21. The highest BCUT2D eigenvalue weighted by atomic mass is 31.2. The number of rotatable bonds is 34. The van der Waals surface area contributed by atoms with Crippen molar-refractivity contribution in [3.8, 4) is 17.9 Å². The molecule has 9 atom stereocenters. The molecule has 6 heterocycles. The molecule has 2 saturated heterocycles. The van der Waals surface area contributed by atoms with Crippen LogP contribution >= 0.6 is 7.82 Å². The number of phosphoric ester groups is 1. The Bertz CT molecular complexity index is 2620. The number of anilines is 2. The van der Waals surface area contributed by atoms with Crippen LogP contribution in [-0.2, 0) is 54.9 Å². The Balaban J connectivity index is 1.01. The van der Waals surface area contributed by atoms with Crippen molar-refractivity contribution in [2.24, 2.45) is 0 Å². The molecule has 0 aliphatic carbocycles. The molecular weight excluding hydrogens is 1020 g/mol. The van der Waals surface area contributed by atoms with Crippen LogP contribution in [0.2, 0.25) is 0 Å². The van der Waals surface area contributed by atoms with Gasteiger partial charge < -0.3 is 55.6 Å². The van der Waals surface area contributed by atoms with Crippen molar-refractivity contribution in [3.63, 3.8) is 0 Å². The van der Waals surface area contributed by atoms with Crippen LogP contribution in [0, 0.1) is 22.7 Å². The SMILES string of the molecule is CCCCCCCCCCCCCCCCCCOC[C@H](COP(=O)(OC[C@H]1O[C@@](C#N)(c2ccc3c(N)ncnn23)[C@H](O)[C@@H]1O)OC[C@H]1O[C@@](C#N)(c2ccc3c(N)ncnn23)[C@H](O)[C@@H]1O)OCc1ccc(OC)cc1. The number of phosphoric acid groups is 1. The fraction of sp³-hybridized carbons (Fsp3) is 0.623. The van der Waals surface area contributed by atoms with E-state index in [0.717, 1.165) is 43.9 Å². The molecule has 4 aromatic heterocycles. The number of hydrogen-bond donors (Lipinski definition) is 6. The van der Waals surface area contributed by atoms with Gasteiger partial charge in [0.05, 0.1) is 51.5 Å². The van der Waals surface area contributed by atoms with Gasteiger partial charge in [-0.25, -0.2) is 23.6 Å². The van der Waals surface area contributed by atoms with Gasteiger partial charge in [-0.2, -0.15) is 20.7 Å². The lowest BCUT2D eigenvalue weighted by atomic mass is 9.92. The highest BCUT2D eigenvalue weighted by Gasteiger charge is 2.59. The lowest BCUT2D eigenvalue weighted by molar-refractivity contribution is -0.0802. The van der Waals surface area contributed by atoms with E-state index in [0.29, 0.717) is 23.4 Å². The van der Waals surface area contributed by atoms with Gasteiger partial charge in [0.15, 0.2) is 11.6 Å². The molecule has 2 aliphatic rings. The Morgan fingerprint density at radius 3 is 1.56 bits per heavy atom. The Hall–Kier alpha value is -5.37. The molecule has 0 bridgehead atoms. The van der Waals surface area contributed by atoms with Crippen LogP contribution in [0.5, 0.6) is 5.75 Å². The number of aliphatic hydroxyl groups is 4. The molecule has 2 aliphatic heterocycles. The minimum Gasteiger partial charge on any atom is -0.497 e. The summed E-state index contributed by atoms with van der Waals surface area (Å²) in [5, 5.41) is 75.0. The first-order valence-electron chi connectivity index (χ1n) is 26.8. The third-order valence-electron chi connectivity index (χ3n) is 14.3. The molecule has 24 heteroatoms. The molecule has 0 amide bonds. The number of unbranched alkanes of at least 4 members (excludes halogenated alkanes) is 15. The molecule has 2 fully saturated rings. The molecule has 1 aromatic carbocycles. The van der Waals surface area contributed by atoms with Crippen LogP contribution < -0.4 is 16.2 Å². The van der Waals surface area contributed by atoms with Crippen molar-refractivity contribution in [3.05, 3.63) is 78.1 Å². The molecule has 0 radical (unpaired) electrons. The lowest BCUT2D eigenvalue weighted by Gasteiger charge is -2.26. The van der Waals surface area contributed by atoms with Gasteiger partial charge in [0.2, 0.25) is 11.2 Å². The summed E-state index contributed by atoms with van der Waals surface area (Å²) in [6, 6.07) is 17.0. The molecule has 8 N–H and O–H groups in total. The summed E-state index contributed by atoms with van der Waals surface area (Å²) in [5.41, 5.74) is 9.03. The summed E-state index contributed by atoms with van der Waals surface area (Å²) < 4.78 is 65.0. The third kappa shape index (κ3) is 14.5. The lowest BCUT2D eigenvalue weighted by Crippen LogP contribution is -2.41. The van der Waals surface area contributed by atoms with E-state index in [4.69, 9.17) is 48.7 Å². The maximum absolute atomic E-state index is 15.0. The van der Waals surface area contributed by atoms with Gasteiger partial charge in [0.1, 0.15) is 84.3 Å². The first-order valence-corrected chi connectivity index (χ1v) is 28.2. The maximum Gasteiger partial charge on any atom is 0.475 e. The first kappa shape index (κ1) is 59.3. The maximum atomic E-state index is 15.0. The molecule has 5 aromatic rings. The topological polar surface area (TPSA) is 332 Å². The minimum atomic E-state index is -4.92. The minimum absolute atomic E-state index is 0.0102. The summed E-state index contributed by atoms with van der Waals surface area (Å²) in [5.74, 6) is 0.811. The van der Waals surface area contributed by atoms with Gasteiger partial charge in [0, 0.05) is 6.61 Å². The Labute approximate surface area is 448 Å². The molecule has 23 nitrogen and oxygen atoms in total. The summed E-state index contributed by atoms with van der Waals surface area (Å²) in [6.45, 7) is 0.755. The number of aliphatic hydroxyl groups excluding tert-OH is 4. The van der Waals surface area contributed by atoms with E-state index in [1.165, 1.54) is 110 Å². The zero-order chi connectivity index (χ0) is 54.8. The number of aromatic nitrogens is 6. The molecular formula is C53H75N10O13P. The van der Waals surface area contributed by atoms with Crippen LogP contribution in [0.4, 0.5) is 11.6 Å². The van der Waals surface area contributed by atoms with E-state index in [1.54, 1.807) is 19.2 Å². The van der Waals surface area contributed by atoms with Crippen LogP contribution in [0.25, 0.3) is 11.0 Å².